The number of hydrogen-bond donors (Lipinski definition) is 1. The van der Waals surface area contributed by atoms with Crippen LogP contribution in [0.3, 0.4) is 0 Å². The zero-order valence-electron chi connectivity index (χ0n) is 16.2. The molecule has 1 amide bonds. The molecule has 7 heteroatoms. The summed E-state index contributed by atoms with van der Waals surface area (Å²) in [4.78, 5) is 21.7. The van der Waals surface area contributed by atoms with E-state index < -0.39 is 0 Å². The van der Waals surface area contributed by atoms with Gasteiger partial charge in [-0.15, -0.1) is 0 Å². The molecule has 0 fully saturated rings. The number of nitrogens with one attached hydrogen (secondary N) is 1. The Kier molecular flexibility index (Phi) is 6.71. The number of anilines is 1. The lowest BCUT2D eigenvalue weighted by Gasteiger charge is -2.10. The number of methoxy groups -OCH3 is 2. The summed E-state index contributed by atoms with van der Waals surface area (Å²) >= 11 is 1.41. The molecule has 0 saturated carbocycles. The monoisotopic (exact) mass is 397 g/mol. The predicted molar refractivity (Wildman–Crippen MR) is 112 cm³/mol. The van der Waals surface area contributed by atoms with Crippen LogP contribution in [0.1, 0.15) is 19.2 Å². The van der Waals surface area contributed by atoms with Gasteiger partial charge in [0.05, 0.1) is 25.5 Å². The molecule has 0 bridgehead atoms. The van der Waals surface area contributed by atoms with Crippen molar-refractivity contribution in [1.82, 2.24) is 9.97 Å². The number of carbonyl (C=O) groups excluding carboxylic acids is 1. The Hall–Kier alpha value is -2.80. The molecule has 1 aromatic heterocycles. The minimum atomic E-state index is -0.125. The molecule has 1 N–H and O–H groups in total. The molecule has 0 atom stereocenters. The summed E-state index contributed by atoms with van der Waals surface area (Å²) in [5.41, 5.74) is 1.53. The van der Waals surface area contributed by atoms with Gasteiger partial charge in [-0.1, -0.05) is 36.9 Å². The Balaban J connectivity index is 1.74. The minimum absolute atomic E-state index is 0.125. The van der Waals surface area contributed by atoms with E-state index in [9.17, 15) is 4.79 Å². The van der Waals surface area contributed by atoms with Crippen LogP contribution in [-0.4, -0.2) is 35.8 Å². The number of benzene rings is 2. The number of carbonyl (C=O) groups is 1. The van der Waals surface area contributed by atoms with E-state index in [4.69, 9.17) is 9.47 Å². The fraction of sp³-hybridized carbons (Fsp3) is 0.286. The molecule has 0 radical (unpaired) electrons. The van der Waals surface area contributed by atoms with Crippen LogP contribution in [0.4, 0.5) is 5.69 Å². The highest BCUT2D eigenvalue weighted by Gasteiger charge is 2.11. The highest BCUT2D eigenvalue weighted by atomic mass is 32.2. The Labute approximate surface area is 168 Å². The van der Waals surface area contributed by atoms with E-state index >= 15 is 0 Å². The van der Waals surface area contributed by atoms with E-state index in [-0.39, 0.29) is 11.7 Å². The third-order valence-electron chi connectivity index (χ3n) is 4.06. The van der Waals surface area contributed by atoms with Crippen LogP contribution in [-0.2, 0) is 11.2 Å². The lowest BCUT2D eigenvalue weighted by atomic mass is 10.2. The summed E-state index contributed by atoms with van der Waals surface area (Å²) in [5, 5.41) is 4.67. The minimum Gasteiger partial charge on any atom is -0.497 e. The first kappa shape index (κ1) is 19.9. The van der Waals surface area contributed by atoms with E-state index in [0.717, 1.165) is 34.6 Å². The van der Waals surface area contributed by atoms with Crippen molar-refractivity contribution in [3.8, 4) is 11.5 Å². The van der Waals surface area contributed by atoms with Crippen LogP contribution in [0.5, 0.6) is 11.5 Å². The molecular formula is C21H23N3O3S. The van der Waals surface area contributed by atoms with E-state index in [1.807, 2.05) is 24.3 Å². The first-order valence-corrected chi connectivity index (χ1v) is 10.0. The Morgan fingerprint density at radius 1 is 1.07 bits per heavy atom. The average molecular weight is 398 g/mol. The zero-order chi connectivity index (χ0) is 19.9. The fourth-order valence-electron chi connectivity index (χ4n) is 2.75. The second kappa shape index (κ2) is 9.41. The molecule has 2 aromatic carbocycles. The molecular weight excluding hydrogens is 374 g/mol. The molecule has 0 unspecified atom stereocenters. The van der Waals surface area contributed by atoms with Gasteiger partial charge >= 0.3 is 0 Å². The largest absolute Gasteiger partial charge is 0.497 e. The topological polar surface area (TPSA) is 73.3 Å². The second-order valence-corrected chi connectivity index (χ2v) is 7.11. The van der Waals surface area contributed by atoms with Gasteiger partial charge in [0.1, 0.15) is 22.3 Å². The number of hydrogen-bond acceptors (Lipinski definition) is 6. The molecule has 3 aromatic rings. The molecule has 1 heterocycles. The van der Waals surface area contributed by atoms with E-state index in [0.29, 0.717) is 17.2 Å². The highest BCUT2D eigenvalue weighted by Crippen LogP contribution is 2.28. The number of nitrogens with zero attached hydrogens (tertiary/aromatic N) is 2. The molecule has 146 valence electrons. The summed E-state index contributed by atoms with van der Waals surface area (Å²) in [6.45, 7) is 2.10. The maximum atomic E-state index is 12.5. The molecule has 0 aliphatic carbocycles. The van der Waals surface area contributed by atoms with Gasteiger partial charge in [0.15, 0.2) is 0 Å². The summed E-state index contributed by atoms with van der Waals surface area (Å²) in [6.07, 6.45) is 1.79. The number of aromatic nitrogens is 2. The van der Waals surface area contributed by atoms with Crippen molar-refractivity contribution < 1.29 is 14.3 Å². The molecule has 0 aliphatic rings. The standard InChI is InChI=1S/C21H23N3O3S/c1-4-7-19-23-18-9-6-5-8-17(18)21(24-19)28-13-20(25)22-14-10-15(26-2)12-16(11-14)27-3/h5-6,8-12H,4,7,13H2,1-3H3,(H,22,25). The van der Waals surface area contributed by atoms with Gasteiger partial charge < -0.3 is 14.8 Å². The third-order valence-corrected chi connectivity index (χ3v) is 5.05. The van der Waals surface area contributed by atoms with Crippen molar-refractivity contribution in [2.75, 3.05) is 25.3 Å². The van der Waals surface area contributed by atoms with Gasteiger partial charge in [0.2, 0.25) is 5.91 Å². The summed E-state index contributed by atoms with van der Waals surface area (Å²) in [5.74, 6) is 2.16. The molecule has 0 saturated heterocycles. The smallest absolute Gasteiger partial charge is 0.234 e. The highest BCUT2D eigenvalue weighted by molar-refractivity contribution is 8.00. The number of ether oxygens (including phenoxy) is 2. The van der Waals surface area contributed by atoms with E-state index in [2.05, 4.69) is 22.2 Å². The van der Waals surface area contributed by atoms with Gasteiger partial charge in [-0.3, -0.25) is 4.79 Å². The van der Waals surface area contributed by atoms with Gasteiger partial charge in [-0.2, -0.15) is 0 Å². The zero-order valence-corrected chi connectivity index (χ0v) is 17.0. The van der Waals surface area contributed by atoms with Crippen molar-refractivity contribution >= 4 is 34.3 Å². The number of aryl methyl sites for hydroxylation is 1. The maximum absolute atomic E-state index is 12.5. The normalized spacial score (nSPS) is 10.7. The molecule has 0 aliphatic heterocycles. The molecule has 0 spiro atoms. The lowest BCUT2D eigenvalue weighted by molar-refractivity contribution is -0.113. The molecule has 6 nitrogen and oxygen atoms in total. The van der Waals surface area contributed by atoms with Crippen molar-refractivity contribution in [2.45, 2.75) is 24.8 Å². The molecule has 3 rings (SSSR count). The van der Waals surface area contributed by atoms with E-state index in [1.54, 1.807) is 32.4 Å². The van der Waals surface area contributed by atoms with Crippen molar-refractivity contribution in [2.24, 2.45) is 0 Å². The van der Waals surface area contributed by atoms with Gasteiger partial charge in [-0.25, -0.2) is 9.97 Å². The van der Waals surface area contributed by atoms with Crippen LogP contribution in [0.25, 0.3) is 10.9 Å². The summed E-state index contributed by atoms with van der Waals surface area (Å²) in [7, 11) is 3.15. The SMILES string of the molecule is CCCc1nc(SCC(=O)Nc2cc(OC)cc(OC)c2)c2ccccc2n1. The van der Waals surface area contributed by atoms with Crippen LogP contribution in [0.15, 0.2) is 47.5 Å². The summed E-state index contributed by atoms with van der Waals surface area (Å²) in [6, 6.07) is 13.1. The van der Waals surface area contributed by atoms with Crippen LogP contribution < -0.4 is 14.8 Å². The second-order valence-electron chi connectivity index (χ2n) is 6.15. The van der Waals surface area contributed by atoms with Crippen LogP contribution >= 0.6 is 11.8 Å². The number of rotatable bonds is 8. The first-order chi connectivity index (χ1) is 13.6. The molecule has 28 heavy (non-hydrogen) atoms. The first-order valence-electron chi connectivity index (χ1n) is 9.04. The Morgan fingerprint density at radius 2 is 1.79 bits per heavy atom. The summed E-state index contributed by atoms with van der Waals surface area (Å²) < 4.78 is 10.5. The number of thioether (sulfide) groups is 1. The Bertz CT molecular complexity index is 956. The van der Waals surface area contributed by atoms with Crippen molar-refractivity contribution in [3.05, 3.63) is 48.3 Å². The average Bonchev–Trinajstić information content (AvgIpc) is 2.71. The lowest BCUT2D eigenvalue weighted by Crippen LogP contribution is -2.14. The van der Waals surface area contributed by atoms with Gasteiger partial charge in [-0.05, 0) is 12.5 Å². The van der Waals surface area contributed by atoms with Gasteiger partial charge in [0, 0.05) is 35.7 Å². The van der Waals surface area contributed by atoms with Crippen molar-refractivity contribution in [1.29, 1.82) is 0 Å². The number of amides is 1. The van der Waals surface area contributed by atoms with Crippen molar-refractivity contribution in [3.63, 3.8) is 0 Å². The van der Waals surface area contributed by atoms with Crippen LogP contribution in [0.2, 0.25) is 0 Å². The number of fused-ring (bicyclic) bond motifs is 1. The quantitative estimate of drug-likeness (QED) is 0.450. The predicted octanol–water partition coefficient (Wildman–Crippen LogP) is 4.33. The third kappa shape index (κ3) is 4.92. The van der Waals surface area contributed by atoms with Crippen LogP contribution in [0, 0.1) is 0 Å². The Morgan fingerprint density at radius 3 is 2.46 bits per heavy atom. The maximum Gasteiger partial charge on any atom is 0.234 e. The van der Waals surface area contributed by atoms with E-state index in [1.165, 1.54) is 11.8 Å². The number of para-hydroxylation sites is 1. The fourth-order valence-corrected chi connectivity index (χ4v) is 3.59. The van der Waals surface area contributed by atoms with Gasteiger partial charge in [0.25, 0.3) is 0 Å².